The van der Waals surface area contributed by atoms with Crippen molar-refractivity contribution >= 4 is 23.8 Å². The Morgan fingerprint density at radius 2 is 2.04 bits per heavy atom. The molecule has 3 rings (SSSR count). The van der Waals surface area contributed by atoms with Crippen molar-refractivity contribution in [2.45, 2.75) is 37.6 Å². The molecule has 1 aromatic carbocycles. The zero-order valence-corrected chi connectivity index (χ0v) is 13.9. The van der Waals surface area contributed by atoms with Crippen LogP contribution in [0.25, 0.3) is 0 Å². The fraction of sp³-hybridized carbons (Fsp3) is 0.467. The second kappa shape index (κ2) is 7.59. The van der Waals surface area contributed by atoms with E-state index in [4.69, 9.17) is 10.3 Å². The Hall–Kier alpha value is -2.19. The number of hydrogen-bond acceptors (Lipinski definition) is 7. The lowest BCUT2D eigenvalue weighted by molar-refractivity contribution is -0.384. The van der Waals surface area contributed by atoms with E-state index in [0.717, 1.165) is 25.7 Å². The van der Waals surface area contributed by atoms with Gasteiger partial charge in [-0.05, 0) is 18.9 Å². The van der Waals surface area contributed by atoms with Gasteiger partial charge in [0.05, 0.1) is 10.5 Å². The summed E-state index contributed by atoms with van der Waals surface area (Å²) in [6.45, 7) is 0.462. The summed E-state index contributed by atoms with van der Waals surface area (Å²) < 4.78 is 5.24. The van der Waals surface area contributed by atoms with E-state index < -0.39 is 10.5 Å². The molecule has 1 fully saturated rings. The van der Waals surface area contributed by atoms with Crippen LogP contribution in [0, 0.1) is 10.1 Å². The predicted octanol–water partition coefficient (Wildman–Crippen LogP) is 2.78. The van der Waals surface area contributed by atoms with Crippen LogP contribution in [0.5, 0.6) is 0 Å². The van der Waals surface area contributed by atoms with Gasteiger partial charge in [0.15, 0.2) is 5.82 Å². The lowest BCUT2D eigenvalue weighted by atomic mass is 9.99. The van der Waals surface area contributed by atoms with E-state index >= 15 is 0 Å². The van der Waals surface area contributed by atoms with Gasteiger partial charge in [-0.15, -0.1) is 12.4 Å². The lowest BCUT2D eigenvalue weighted by Gasteiger charge is -2.17. The van der Waals surface area contributed by atoms with Crippen molar-refractivity contribution in [3.63, 3.8) is 0 Å². The number of hydrogen-bond donors (Lipinski definition) is 2. The van der Waals surface area contributed by atoms with Gasteiger partial charge in [-0.1, -0.05) is 30.1 Å². The molecule has 0 atom stereocenters. The Bertz CT molecular complexity index is 700. The highest BCUT2D eigenvalue weighted by Crippen LogP contribution is 2.34. The Kier molecular flexibility index (Phi) is 5.74. The second-order valence-electron chi connectivity index (χ2n) is 5.83. The Morgan fingerprint density at radius 1 is 1.33 bits per heavy atom. The average molecular weight is 354 g/mol. The van der Waals surface area contributed by atoms with Crippen LogP contribution >= 0.6 is 12.4 Å². The standard InChI is InChI=1S/C15H19N5O3.ClH/c16-15(8-3-4-9-15)14-18-13(23-19-14)7-10-17-11-5-1-2-6-12(11)20(21)22;/h1-2,5-6,17H,3-4,7-10,16H2;1H. The van der Waals surface area contributed by atoms with Gasteiger partial charge in [-0.2, -0.15) is 4.98 Å². The molecule has 1 aliphatic rings. The molecule has 0 bridgehead atoms. The summed E-state index contributed by atoms with van der Waals surface area (Å²) in [5.74, 6) is 1.05. The number of rotatable bonds is 6. The summed E-state index contributed by atoms with van der Waals surface area (Å²) in [5.41, 5.74) is 6.35. The van der Waals surface area contributed by atoms with Crippen molar-refractivity contribution in [3.05, 3.63) is 46.1 Å². The van der Waals surface area contributed by atoms with Crippen molar-refractivity contribution in [1.29, 1.82) is 0 Å². The molecule has 0 spiro atoms. The van der Waals surface area contributed by atoms with Crippen LogP contribution in [0.15, 0.2) is 28.8 Å². The van der Waals surface area contributed by atoms with Crippen molar-refractivity contribution < 1.29 is 9.45 Å². The third kappa shape index (κ3) is 3.82. The maximum absolute atomic E-state index is 11.0. The topological polar surface area (TPSA) is 120 Å². The molecular weight excluding hydrogens is 334 g/mol. The zero-order valence-electron chi connectivity index (χ0n) is 13.1. The van der Waals surface area contributed by atoms with Crippen LogP contribution in [0.4, 0.5) is 11.4 Å². The Morgan fingerprint density at radius 3 is 2.75 bits per heavy atom. The third-order valence-electron chi connectivity index (χ3n) is 4.16. The van der Waals surface area contributed by atoms with E-state index in [1.807, 2.05) is 0 Å². The van der Waals surface area contributed by atoms with Gasteiger partial charge in [0.25, 0.3) is 5.69 Å². The zero-order chi connectivity index (χ0) is 16.3. The fourth-order valence-corrected chi connectivity index (χ4v) is 2.87. The molecule has 0 saturated heterocycles. The van der Waals surface area contributed by atoms with Gasteiger partial charge in [0.1, 0.15) is 5.69 Å². The van der Waals surface area contributed by atoms with Gasteiger partial charge >= 0.3 is 0 Å². The maximum atomic E-state index is 11.0. The summed E-state index contributed by atoms with van der Waals surface area (Å²) in [6.07, 6.45) is 4.40. The van der Waals surface area contributed by atoms with E-state index in [1.54, 1.807) is 18.2 Å². The monoisotopic (exact) mass is 353 g/mol. The SMILES string of the molecule is Cl.NC1(c2noc(CCNc3ccccc3[N+](=O)[O-])n2)CCCC1. The normalized spacial score (nSPS) is 15.7. The fourth-order valence-electron chi connectivity index (χ4n) is 2.87. The first-order valence-electron chi connectivity index (χ1n) is 7.68. The first-order chi connectivity index (χ1) is 11.1. The Balaban J connectivity index is 0.00000208. The molecule has 8 nitrogen and oxygen atoms in total. The minimum Gasteiger partial charge on any atom is -0.379 e. The highest BCUT2D eigenvalue weighted by atomic mass is 35.5. The smallest absolute Gasteiger partial charge is 0.292 e. The molecule has 1 aliphatic carbocycles. The van der Waals surface area contributed by atoms with Crippen LogP contribution in [0.3, 0.4) is 0 Å². The van der Waals surface area contributed by atoms with Gasteiger partial charge in [-0.25, -0.2) is 0 Å². The van der Waals surface area contributed by atoms with Crippen LogP contribution in [0.1, 0.15) is 37.4 Å². The summed E-state index contributed by atoms with van der Waals surface area (Å²) in [6, 6.07) is 6.52. The molecule has 0 radical (unpaired) electrons. The number of anilines is 1. The number of nitrogens with zero attached hydrogens (tertiary/aromatic N) is 3. The molecule has 0 amide bonds. The number of aromatic nitrogens is 2. The molecule has 1 saturated carbocycles. The number of para-hydroxylation sites is 2. The summed E-state index contributed by atoms with van der Waals surface area (Å²) in [5, 5.41) is 18.0. The number of nitro groups is 1. The van der Waals surface area contributed by atoms with E-state index in [0.29, 0.717) is 30.4 Å². The second-order valence-corrected chi connectivity index (χ2v) is 5.83. The molecule has 1 aromatic heterocycles. The first-order valence-corrected chi connectivity index (χ1v) is 7.68. The molecule has 130 valence electrons. The van der Waals surface area contributed by atoms with Crippen LogP contribution < -0.4 is 11.1 Å². The molecule has 0 unspecified atom stereocenters. The number of nitrogens with one attached hydrogen (secondary N) is 1. The first kappa shape index (κ1) is 18.2. The van der Waals surface area contributed by atoms with Gasteiger partial charge in [-0.3, -0.25) is 10.1 Å². The van der Waals surface area contributed by atoms with E-state index in [2.05, 4.69) is 15.5 Å². The highest BCUT2D eigenvalue weighted by molar-refractivity contribution is 5.85. The van der Waals surface area contributed by atoms with Crippen LogP contribution in [-0.2, 0) is 12.0 Å². The van der Waals surface area contributed by atoms with Gasteiger partial charge in [0, 0.05) is 19.0 Å². The predicted molar refractivity (Wildman–Crippen MR) is 91.2 cm³/mol. The van der Waals surface area contributed by atoms with Gasteiger partial charge in [0.2, 0.25) is 5.89 Å². The average Bonchev–Trinajstić information content (AvgIpc) is 3.18. The Labute approximate surface area is 145 Å². The maximum Gasteiger partial charge on any atom is 0.292 e. The molecule has 0 aliphatic heterocycles. The summed E-state index contributed by atoms with van der Waals surface area (Å²) in [7, 11) is 0. The van der Waals surface area contributed by atoms with Crippen molar-refractivity contribution in [2.24, 2.45) is 5.73 Å². The number of nitro benzene ring substituents is 1. The molecule has 1 heterocycles. The highest BCUT2D eigenvalue weighted by Gasteiger charge is 2.35. The third-order valence-corrected chi connectivity index (χ3v) is 4.16. The van der Waals surface area contributed by atoms with E-state index in [9.17, 15) is 10.1 Å². The number of nitrogens with two attached hydrogens (primary N) is 1. The molecule has 9 heteroatoms. The van der Waals surface area contributed by atoms with E-state index in [-0.39, 0.29) is 18.1 Å². The minimum absolute atomic E-state index is 0. The largest absolute Gasteiger partial charge is 0.379 e. The number of benzene rings is 1. The van der Waals surface area contributed by atoms with Crippen LogP contribution in [-0.4, -0.2) is 21.6 Å². The van der Waals surface area contributed by atoms with E-state index in [1.165, 1.54) is 6.07 Å². The van der Waals surface area contributed by atoms with Crippen LogP contribution in [0.2, 0.25) is 0 Å². The quantitative estimate of drug-likeness (QED) is 0.605. The molecular formula is C15H20ClN5O3. The minimum atomic E-state index is -0.465. The summed E-state index contributed by atoms with van der Waals surface area (Å²) >= 11 is 0. The van der Waals surface area contributed by atoms with Crippen molar-refractivity contribution in [1.82, 2.24) is 10.1 Å². The summed E-state index contributed by atoms with van der Waals surface area (Å²) in [4.78, 5) is 14.9. The molecule has 3 N–H and O–H groups in total. The van der Waals surface area contributed by atoms with Crippen molar-refractivity contribution in [2.75, 3.05) is 11.9 Å². The number of halogens is 1. The van der Waals surface area contributed by atoms with Gasteiger partial charge < -0.3 is 15.6 Å². The lowest BCUT2D eigenvalue weighted by Crippen LogP contribution is -2.34. The van der Waals surface area contributed by atoms with Crippen molar-refractivity contribution in [3.8, 4) is 0 Å². The molecule has 24 heavy (non-hydrogen) atoms. The molecule has 2 aromatic rings.